The highest BCUT2D eigenvalue weighted by molar-refractivity contribution is 5.75. The van der Waals surface area contributed by atoms with Gasteiger partial charge in [-0.3, -0.25) is 0 Å². The lowest BCUT2D eigenvalue weighted by Crippen LogP contribution is -2.23. The van der Waals surface area contributed by atoms with Crippen LogP contribution in [0.15, 0.2) is 23.3 Å². The van der Waals surface area contributed by atoms with Crippen LogP contribution in [0.2, 0.25) is 0 Å². The van der Waals surface area contributed by atoms with E-state index >= 15 is 0 Å². The first-order valence-corrected chi connectivity index (χ1v) is 4.57. The third kappa shape index (κ3) is 5.05. The topological polar surface area (TPSA) is 86.5 Å². The molecule has 1 aromatic heterocycles. The maximum absolute atomic E-state index is 12.0. The SMILES string of the molecule is NC(N)=NCc1cccnc1OCC(F)(F)F. The van der Waals surface area contributed by atoms with Crippen molar-refractivity contribution in [1.82, 2.24) is 4.98 Å². The van der Waals surface area contributed by atoms with Crippen molar-refractivity contribution in [2.75, 3.05) is 6.61 Å². The van der Waals surface area contributed by atoms with Gasteiger partial charge in [-0.1, -0.05) is 6.07 Å². The van der Waals surface area contributed by atoms with Gasteiger partial charge in [0.2, 0.25) is 5.88 Å². The van der Waals surface area contributed by atoms with E-state index in [1.54, 1.807) is 6.07 Å². The van der Waals surface area contributed by atoms with E-state index in [1.807, 2.05) is 0 Å². The van der Waals surface area contributed by atoms with Crippen molar-refractivity contribution in [3.8, 4) is 5.88 Å². The number of hydrogen-bond acceptors (Lipinski definition) is 3. The summed E-state index contributed by atoms with van der Waals surface area (Å²) in [5, 5.41) is 0. The minimum Gasteiger partial charge on any atom is -0.468 e. The van der Waals surface area contributed by atoms with Gasteiger partial charge in [0.1, 0.15) is 0 Å². The van der Waals surface area contributed by atoms with Crippen molar-refractivity contribution in [2.45, 2.75) is 12.7 Å². The van der Waals surface area contributed by atoms with Crippen LogP contribution in [-0.2, 0) is 6.54 Å². The Kier molecular flexibility index (Phi) is 4.13. The van der Waals surface area contributed by atoms with Gasteiger partial charge in [-0.05, 0) is 6.07 Å². The number of rotatable bonds is 4. The highest BCUT2D eigenvalue weighted by atomic mass is 19.4. The first-order valence-electron chi connectivity index (χ1n) is 4.57. The average Bonchev–Trinajstić information content (AvgIpc) is 2.23. The molecule has 1 heterocycles. The van der Waals surface area contributed by atoms with Crippen molar-refractivity contribution in [3.05, 3.63) is 23.9 Å². The van der Waals surface area contributed by atoms with Gasteiger partial charge in [-0.2, -0.15) is 13.2 Å². The maximum atomic E-state index is 12.0. The molecule has 17 heavy (non-hydrogen) atoms. The van der Waals surface area contributed by atoms with E-state index in [4.69, 9.17) is 11.5 Å². The number of halogens is 3. The second kappa shape index (κ2) is 5.37. The predicted octanol–water partition coefficient (Wildman–Crippen LogP) is 0.796. The van der Waals surface area contributed by atoms with Crippen LogP contribution in [0.25, 0.3) is 0 Å². The highest BCUT2D eigenvalue weighted by Gasteiger charge is 2.29. The molecule has 8 heteroatoms. The lowest BCUT2D eigenvalue weighted by molar-refractivity contribution is -0.154. The molecule has 5 nitrogen and oxygen atoms in total. The number of hydrogen-bond donors (Lipinski definition) is 2. The fourth-order valence-electron chi connectivity index (χ4n) is 1.00. The first kappa shape index (κ1) is 13.1. The molecule has 0 amide bonds. The zero-order valence-corrected chi connectivity index (χ0v) is 8.74. The number of pyridine rings is 1. The number of alkyl halides is 3. The Morgan fingerprint density at radius 2 is 2.12 bits per heavy atom. The Hall–Kier alpha value is -1.99. The van der Waals surface area contributed by atoms with Gasteiger partial charge in [0.15, 0.2) is 12.6 Å². The molecule has 0 unspecified atom stereocenters. The third-order valence-electron chi connectivity index (χ3n) is 1.65. The predicted molar refractivity (Wildman–Crippen MR) is 55.3 cm³/mol. The zero-order chi connectivity index (χ0) is 12.9. The summed E-state index contributed by atoms with van der Waals surface area (Å²) in [6.07, 6.45) is -3.09. The second-order valence-corrected chi connectivity index (χ2v) is 3.11. The summed E-state index contributed by atoms with van der Waals surface area (Å²) in [6.45, 7) is -1.39. The largest absolute Gasteiger partial charge is 0.468 e. The second-order valence-electron chi connectivity index (χ2n) is 3.11. The van der Waals surface area contributed by atoms with E-state index in [1.165, 1.54) is 12.3 Å². The molecule has 4 N–H and O–H groups in total. The molecule has 0 aliphatic heterocycles. The Morgan fingerprint density at radius 3 is 2.71 bits per heavy atom. The van der Waals surface area contributed by atoms with Gasteiger partial charge in [-0.25, -0.2) is 9.98 Å². The van der Waals surface area contributed by atoms with E-state index in [9.17, 15) is 13.2 Å². The molecule has 1 rings (SSSR count). The molecule has 1 aromatic rings. The summed E-state index contributed by atoms with van der Waals surface area (Å²) < 4.78 is 40.4. The van der Waals surface area contributed by atoms with Crippen molar-refractivity contribution >= 4 is 5.96 Å². The monoisotopic (exact) mass is 248 g/mol. The molecule has 0 aliphatic carbocycles. The smallest absolute Gasteiger partial charge is 0.422 e. The number of ether oxygens (including phenoxy) is 1. The number of guanidine groups is 1. The summed E-state index contributed by atoms with van der Waals surface area (Å²) in [4.78, 5) is 7.36. The van der Waals surface area contributed by atoms with Gasteiger partial charge >= 0.3 is 6.18 Å². The normalized spacial score (nSPS) is 11.0. The van der Waals surface area contributed by atoms with Gasteiger partial charge < -0.3 is 16.2 Å². The zero-order valence-electron chi connectivity index (χ0n) is 8.74. The van der Waals surface area contributed by atoms with Crippen LogP contribution in [-0.4, -0.2) is 23.7 Å². The van der Waals surface area contributed by atoms with Crippen LogP contribution >= 0.6 is 0 Å². The number of aromatic nitrogens is 1. The van der Waals surface area contributed by atoms with E-state index in [0.717, 1.165) is 0 Å². The quantitative estimate of drug-likeness (QED) is 0.609. The van der Waals surface area contributed by atoms with Crippen molar-refractivity contribution in [2.24, 2.45) is 16.5 Å². The molecule has 0 bridgehead atoms. The Labute approximate surface area is 95.3 Å². The van der Waals surface area contributed by atoms with E-state index in [-0.39, 0.29) is 18.4 Å². The summed E-state index contributed by atoms with van der Waals surface area (Å²) in [6, 6.07) is 3.09. The molecule has 0 aromatic carbocycles. The number of aliphatic imine (C=N–C) groups is 1. The lowest BCUT2D eigenvalue weighted by atomic mass is 10.3. The van der Waals surface area contributed by atoms with Crippen LogP contribution in [0.1, 0.15) is 5.56 Å². The fourth-order valence-corrected chi connectivity index (χ4v) is 1.00. The summed E-state index contributed by atoms with van der Waals surface area (Å²) >= 11 is 0. The first-order chi connectivity index (χ1) is 7.88. The molecule has 0 saturated heterocycles. The van der Waals surface area contributed by atoms with Crippen LogP contribution in [0.4, 0.5) is 13.2 Å². The van der Waals surface area contributed by atoms with Crippen LogP contribution in [0.5, 0.6) is 5.88 Å². The Morgan fingerprint density at radius 1 is 1.41 bits per heavy atom. The molecular formula is C9H11F3N4O. The number of nitrogens with two attached hydrogens (primary N) is 2. The average molecular weight is 248 g/mol. The van der Waals surface area contributed by atoms with Gasteiger partial charge in [0, 0.05) is 11.8 Å². The molecule has 94 valence electrons. The molecule has 0 atom stereocenters. The maximum Gasteiger partial charge on any atom is 0.422 e. The summed E-state index contributed by atoms with van der Waals surface area (Å²) in [7, 11) is 0. The van der Waals surface area contributed by atoms with Gasteiger partial charge in [0.05, 0.1) is 6.54 Å². The van der Waals surface area contributed by atoms with Crippen LogP contribution in [0, 0.1) is 0 Å². The Balaban J connectivity index is 2.74. The van der Waals surface area contributed by atoms with Crippen LogP contribution in [0.3, 0.4) is 0 Å². The van der Waals surface area contributed by atoms with Crippen molar-refractivity contribution < 1.29 is 17.9 Å². The lowest BCUT2D eigenvalue weighted by Gasteiger charge is -2.10. The van der Waals surface area contributed by atoms with Gasteiger partial charge in [-0.15, -0.1) is 0 Å². The highest BCUT2D eigenvalue weighted by Crippen LogP contribution is 2.20. The van der Waals surface area contributed by atoms with Crippen molar-refractivity contribution in [1.29, 1.82) is 0 Å². The van der Waals surface area contributed by atoms with E-state index < -0.39 is 12.8 Å². The molecule has 0 spiro atoms. The number of nitrogens with zero attached hydrogens (tertiary/aromatic N) is 2. The standard InChI is InChI=1S/C9H11F3N4O/c10-9(11,12)5-17-7-6(2-1-3-15-7)4-16-8(13)14/h1-3H,4-5H2,(H4,13,14,16). The molecule has 0 saturated carbocycles. The summed E-state index contributed by atoms with van der Waals surface area (Å²) in [5.41, 5.74) is 10.6. The minimum absolute atomic E-state index is 0.0172. The minimum atomic E-state index is -4.41. The molecular weight excluding hydrogens is 237 g/mol. The van der Waals surface area contributed by atoms with E-state index in [0.29, 0.717) is 5.56 Å². The van der Waals surface area contributed by atoms with Crippen molar-refractivity contribution in [3.63, 3.8) is 0 Å². The fraction of sp³-hybridized carbons (Fsp3) is 0.333. The Bertz CT molecular complexity index is 401. The van der Waals surface area contributed by atoms with Gasteiger partial charge in [0.25, 0.3) is 0 Å². The summed E-state index contributed by atoms with van der Waals surface area (Å²) in [5.74, 6) is -0.287. The molecule has 0 fully saturated rings. The third-order valence-corrected chi connectivity index (χ3v) is 1.65. The van der Waals surface area contributed by atoms with Crippen LogP contribution < -0.4 is 16.2 Å². The molecule has 0 radical (unpaired) electrons. The van der Waals surface area contributed by atoms with E-state index in [2.05, 4.69) is 14.7 Å². The molecule has 0 aliphatic rings.